The topological polar surface area (TPSA) is 66.5 Å². The highest BCUT2D eigenvalue weighted by atomic mass is 35.5. The minimum absolute atomic E-state index is 0.0421. The van der Waals surface area contributed by atoms with E-state index in [-0.39, 0.29) is 27.9 Å². The van der Waals surface area contributed by atoms with E-state index in [1.165, 1.54) is 16.4 Å². The molecule has 1 aliphatic rings. The van der Waals surface area contributed by atoms with Gasteiger partial charge < -0.3 is 5.32 Å². The van der Waals surface area contributed by atoms with E-state index in [1.54, 1.807) is 30.3 Å². The first-order valence-corrected chi connectivity index (χ1v) is 11.0. The Morgan fingerprint density at radius 2 is 1.75 bits per heavy atom. The van der Waals surface area contributed by atoms with Crippen molar-refractivity contribution in [2.75, 3.05) is 18.4 Å². The number of sulfonamides is 1. The molecule has 1 saturated heterocycles. The van der Waals surface area contributed by atoms with Gasteiger partial charge >= 0.3 is 0 Å². The monoisotopic (exact) mass is 424 g/mol. The van der Waals surface area contributed by atoms with Crippen LogP contribution in [0.4, 0.5) is 10.1 Å². The standard InChI is InChI=1S/C20H22ClFN2O3S/c21-17-5-4-6-18(20(17)22)23-19(25)12-9-15-7-10-16(11-8-15)28(26,27)24-13-2-1-3-14-24/h4-8,10-11H,1-3,9,12-14H2,(H,23,25). The molecule has 1 N–H and O–H groups in total. The van der Waals surface area contributed by atoms with Crippen LogP contribution in [-0.4, -0.2) is 31.7 Å². The molecule has 0 bridgehead atoms. The SMILES string of the molecule is O=C(CCc1ccc(S(=O)(=O)N2CCCCC2)cc1)Nc1cccc(Cl)c1F. The fourth-order valence-electron chi connectivity index (χ4n) is 3.15. The molecule has 2 aromatic carbocycles. The van der Waals surface area contributed by atoms with Gasteiger partial charge in [-0.3, -0.25) is 4.79 Å². The first kappa shape index (κ1) is 20.8. The number of anilines is 1. The predicted octanol–water partition coefficient (Wildman–Crippen LogP) is 4.23. The minimum atomic E-state index is -3.46. The van der Waals surface area contributed by atoms with Gasteiger partial charge in [0.25, 0.3) is 0 Å². The third kappa shape index (κ3) is 4.90. The Morgan fingerprint density at radius 3 is 2.43 bits per heavy atom. The summed E-state index contributed by atoms with van der Waals surface area (Å²) in [6, 6.07) is 11.0. The average Bonchev–Trinajstić information content (AvgIpc) is 2.71. The first-order valence-electron chi connectivity index (χ1n) is 9.21. The van der Waals surface area contributed by atoms with Crippen molar-refractivity contribution in [3.63, 3.8) is 0 Å². The lowest BCUT2D eigenvalue weighted by molar-refractivity contribution is -0.116. The molecule has 0 atom stereocenters. The Morgan fingerprint density at radius 1 is 1.07 bits per heavy atom. The predicted molar refractivity (Wildman–Crippen MR) is 107 cm³/mol. The van der Waals surface area contributed by atoms with Crippen LogP contribution in [0.25, 0.3) is 0 Å². The molecule has 5 nitrogen and oxygen atoms in total. The highest BCUT2D eigenvalue weighted by Crippen LogP contribution is 2.23. The van der Waals surface area contributed by atoms with Gasteiger partial charge in [-0.05, 0) is 49.1 Å². The molecule has 8 heteroatoms. The number of aryl methyl sites for hydroxylation is 1. The molecule has 1 aliphatic heterocycles. The number of hydrogen-bond acceptors (Lipinski definition) is 3. The Bertz CT molecular complexity index is 942. The number of hydrogen-bond donors (Lipinski definition) is 1. The van der Waals surface area contributed by atoms with Crippen LogP contribution in [0.3, 0.4) is 0 Å². The van der Waals surface area contributed by atoms with E-state index in [0.29, 0.717) is 19.5 Å². The van der Waals surface area contributed by atoms with E-state index in [1.807, 2.05) is 0 Å². The van der Waals surface area contributed by atoms with E-state index in [9.17, 15) is 17.6 Å². The third-order valence-electron chi connectivity index (χ3n) is 4.74. The average molecular weight is 425 g/mol. The second-order valence-electron chi connectivity index (χ2n) is 6.76. The fraction of sp³-hybridized carbons (Fsp3) is 0.350. The molecule has 2 aromatic rings. The summed E-state index contributed by atoms with van der Waals surface area (Å²) in [6.45, 7) is 1.12. The number of carbonyl (C=O) groups excluding carboxylic acids is 1. The molecule has 150 valence electrons. The van der Waals surface area contributed by atoms with Crippen LogP contribution < -0.4 is 5.32 Å². The number of benzene rings is 2. The normalized spacial score (nSPS) is 15.4. The highest BCUT2D eigenvalue weighted by Gasteiger charge is 2.25. The van der Waals surface area contributed by atoms with Gasteiger partial charge in [0.1, 0.15) is 0 Å². The Kier molecular flexibility index (Phi) is 6.69. The second kappa shape index (κ2) is 9.03. The van der Waals surface area contributed by atoms with Crippen LogP contribution in [0.5, 0.6) is 0 Å². The summed E-state index contributed by atoms with van der Waals surface area (Å²) >= 11 is 5.70. The van der Waals surface area contributed by atoms with Gasteiger partial charge in [0, 0.05) is 19.5 Å². The lowest BCUT2D eigenvalue weighted by atomic mass is 10.1. The molecular formula is C20H22ClFN2O3S. The van der Waals surface area contributed by atoms with E-state index in [2.05, 4.69) is 5.32 Å². The van der Waals surface area contributed by atoms with Gasteiger partial charge in [0.05, 0.1) is 15.6 Å². The number of carbonyl (C=O) groups is 1. The molecule has 1 heterocycles. The highest BCUT2D eigenvalue weighted by molar-refractivity contribution is 7.89. The van der Waals surface area contributed by atoms with Crippen molar-refractivity contribution in [2.45, 2.75) is 37.0 Å². The Balaban J connectivity index is 1.58. The smallest absolute Gasteiger partial charge is 0.243 e. The lowest BCUT2D eigenvalue weighted by Crippen LogP contribution is -2.35. The van der Waals surface area contributed by atoms with Crippen LogP contribution in [0.2, 0.25) is 5.02 Å². The third-order valence-corrected chi connectivity index (χ3v) is 6.95. The molecule has 0 spiro atoms. The second-order valence-corrected chi connectivity index (χ2v) is 9.10. The van der Waals surface area contributed by atoms with Gasteiger partial charge in [-0.15, -0.1) is 0 Å². The van der Waals surface area contributed by atoms with Gasteiger partial charge in [0.15, 0.2) is 5.82 Å². The van der Waals surface area contributed by atoms with E-state index in [4.69, 9.17) is 11.6 Å². The van der Waals surface area contributed by atoms with Gasteiger partial charge in [-0.25, -0.2) is 12.8 Å². The largest absolute Gasteiger partial charge is 0.324 e. The maximum Gasteiger partial charge on any atom is 0.243 e. The number of halogens is 2. The molecule has 0 unspecified atom stereocenters. The zero-order valence-corrected chi connectivity index (χ0v) is 16.9. The van der Waals surface area contributed by atoms with Crippen LogP contribution in [0.1, 0.15) is 31.2 Å². The molecule has 0 aromatic heterocycles. The van der Waals surface area contributed by atoms with E-state index in [0.717, 1.165) is 24.8 Å². The number of amides is 1. The van der Waals surface area contributed by atoms with E-state index < -0.39 is 15.8 Å². The van der Waals surface area contributed by atoms with Gasteiger partial charge in [-0.2, -0.15) is 4.31 Å². The zero-order chi connectivity index (χ0) is 20.1. The maximum atomic E-state index is 13.8. The molecule has 3 rings (SSSR count). The van der Waals surface area contributed by atoms with Gasteiger partial charge in [0.2, 0.25) is 15.9 Å². The van der Waals surface area contributed by atoms with Crippen molar-refractivity contribution in [2.24, 2.45) is 0 Å². The minimum Gasteiger partial charge on any atom is -0.324 e. The van der Waals surface area contributed by atoms with E-state index >= 15 is 0 Å². The number of nitrogens with one attached hydrogen (secondary N) is 1. The Labute approximate surface area is 169 Å². The van der Waals surface area contributed by atoms with Crippen LogP contribution >= 0.6 is 11.6 Å². The number of nitrogens with zero attached hydrogens (tertiary/aromatic N) is 1. The number of piperidine rings is 1. The first-order chi connectivity index (χ1) is 13.4. The maximum absolute atomic E-state index is 13.8. The summed E-state index contributed by atoms with van der Waals surface area (Å²) in [5, 5.41) is 2.45. The van der Waals surface area contributed by atoms with Crippen molar-refractivity contribution >= 4 is 33.2 Å². The molecule has 1 amide bonds. The fourth-order valence-corrected chi connectivity index (χ4v) is 4.84. The van der Waals surface area contributed by atoms with Crippen LogP contribution in [-0.2, 0) is 21.2 Å². The summed E-state index contributed by atoms with van der Waals surface area (Å²) in [7, 11) is -3.46. The summed E-state index contributed by atoms with van der Waals surface area (Å²) in [4.78, 5) is 12.3. The van der Waals surface area contributed by atoms with Crippen molar-refractivity contribution in [3.05, 3.63) is 58.9 Å². The van der Waals surface area contributed by atoms with Gasteiger partial charge in [-0.1, -0.05) is 36.2 Å². The van der Waals surface area contributed by atoms with Crippen LogP contribution in [0.15, 0.2) is 47.4 Å². The van der Waals surface area contributed by atoms with Crippen molar-refractivity contribution in [1.29, 1.82) is 0 Å². The van der Waals surface area contributed by atoms with Crippen molar-refractivity contribution in [3.8, 4) is 0 Å². The molecule has 1 fully saturated rings. The molecular weight excluding hydrogens is 403 g/mol. The Hall–Kier alpha value is -1.96. The molecule has 28 heavy (non-hydrogen) atoms. The summed E-state index contributed by atoms with van der Waals surface area (Å²) in [5.41, 5.74) is 0.875. The molecule has 0 saturated carbocycles. The summed E-state index contributed by atoms with van der Waals surface area (Å²) < 4.78 is 40.6. The lowest BCUT2D eigenvalue weighted by Gasteiger charge is -2.25. The van der Waals surface area contributed by atoms with Crippen molar-refractivity contribution in [1.82, 2.24) is 4.31 Å². The quantitative estimate of drug-likeness (QED) is 0.754. The molecule has 0 aliphatic carbocycles. The summed E-state index contributed by atoms with van der Waals surface area (Å²) in [5.74, 6) is -1.00. The zero-order valence-electron chi connectivity index (χ0n) is 15.3. The van der Waals surface area contributed by atoms with Crippen molar-refractivity contribution < 1.29 is 17.6 Å². The molecule has 0 radical (unpaired) electrons. The summed E-state index contributed by atoms with van der Waals surface area (Å²) in [6.07, 6.45) is 3.40. The van der Waals surface area contributed by atoms with Crippen LogP contribution in [0, 0.1) is 5.82 Å². The number of rotatable bonds is 6.